The molecule has 2 aromatic heterocycles. The Labute approximate surface area is 211 Å². The summed E-state index contributed by atoms with van der Waals surface area (Å²) >= 11 is 0. The van der Waals surface area contributed by atoms with Crippen molar-refractivity contribution in [2.24, 2.45) is 0 Å². The Morgan fingerprint density at radius 1 is 0.750 bits per heavy atom. The van der Waals surface area contributed by atoms with E-state index >= 15 is 0 Å². The number of hydrogen-bond acceptors (Lipinski definition) is 2. The monoisotopic (exact) mass is 473 g/mol. The van der Waals surface area contributed by atoms with Gasteiger partial charge in [0.1, 0.15) is 5.69 Å². The van der Waals surface area contributed by atoms with Gasteiger partial charge in [-0.1, -0.05) is 66.7 Å². The zero-order valence-corrected chi connectivity index (χ0v) is 20.6. The second kappa shape index (κ2) is 10.4. The minimum Gasteiger partial charge on any atom is -0.339 e. The van der Waals surface area contributed by atoms with Gasteiger partial charge in [-0.3, -0.25) is 4.79 Å². The number of imidazole rings is 1. The molecule has 36 heavy (non-hydrogen) atoms. The molecule has 0 radical (unpaired) electrons. The summed E-state index contributed by atoms with van der Waals surface area (Å²) in [6.45, 7) is 5.32. The van der Waals surface area contributed by atoms with Crippen LogP contribution in [0.25, 0.3) is 39.6 Å². The van der Waals surface area contributed by atoms with Crippen molar-refractivity contribution in [3.05, 3.63) is 115 Å². The Kier molecular flexibility index (Phi) is 6.72. The largest absolute Gasteiger partial charge is 0.354 e. The summed E-state index contributed by atoms with van der Waals surface area (Å²) in [4.78, 5) is 23.8. The molecule has 0 unspecified atom stereocenters. The van der Waals surface area contributed by atoms with Crippen molar-refractivity contribution in [1.29, 1.82) is 0 Å². The van der Waals surface area contributed by atoms with Crippen LogP contribution >= 0.6 is 0 Å². The summed E-state index contributed by atoms with van der Waals surface area (Å²) in [5, 5.41) is 0. The van der Waals surface area contributed by atoms with Gasteiger partial charge < -0.3 is 9.88 Å². The Bertz CT molecular complexity index is 1450. The molecule has 0 aliphatic heterocycles. The van der Waals surface area contributed by atoms with E-state index in [9.17, 15) is 4.79 Å². The van der Waals surface area contributed by atoms with E-state index in [0.717, 1.165) is 39.6 Å². The Hall–Kier alpha value is -4.51. The van der Waals surface area contributed by atoms with Crippen LogP contribution in [0.5, 0.6) is 0 Å². The van der Waals surface area contributed by atoms with Crippen molar-refractivity contribution in [3.8, 4) is 39.6 Å². The molecule has 0 aliphatic carbocycles. The Balaban J connectivity index is 1.65. The lowest BCUT2D eigenvalue weighted by Crippen LogP contribution is -2.32. The van der Waals surface area contributed by atoms with E-state index in [-0.39, 0.29) is 5.91 Å². The van der Waals surface area contributed by atoms with Crippen LogP contribution in [-0.2, 0) is 0 Å². The summed E-state index contributed by atoms with van der Waals surface area (Å²) in [6, 6.07) is 32.3. The van der Waals surface area contributed by atoms with Crippen LogP contribution in [-0.4, -0.2) is 33.9 Å². The molecule has 3 aromatic carbocycles. The van der Waals surface area contributed by atoms with Gasteiger partial charge in [-0.2, -0.15) is 0 Å². The van der Waals surface area contributed by atoms with E-state index < -0.39 is 0 Å². The number of benzene rings is 3. The zero-order valence-electron chi connectivity index (χ0n) is 20.6. The van der Waals surface area contributed by atoms with Crippen LogP contribution < -0.4 is 4.57 Å². The van der Waals surface area contributed by atoms with E-state index in [2.05, 4.69) is 29.2 Å². The Morgan fingerprint density at radius 3 is 1.94 bits per heavy atom. The number of rotatable bonds is 7. The smallest absolute Gasteiger partial charge is 0.339 e. The molecule has 5 nitrogen and oxygen atoms in total. The topological polar surface area (TPSA) is 52.9 Å². The van der Waals surface area contributed by atoms with Gasteiger partial charge in [0.15, 0.2) is 0 Å². The number of carbonyl (C=O) groups is 1. The predicted octanol–water partition coefficient (Wildman–Crippen LogP) is 6.17. The maximum atomic E-state index is 13.4. The lowest BCUT2D eigenvalue weighted by atomic mass is 10.0. The maximum Gasteiger partial charge on any atom is 0.354 e. The molecule has 0 aliphatic rings. The van der Waals surface area contributed by atoms with Crippen LogP contribution in [0.3, 0.4) is 0 Å². The number of amides is 1. The number of aromatic nitrogens is 3. The minimum absolute atomic E-state index is 0.0156. The fourth-order valence-corrected chi connectivity index (χ4v) is 4.43. The van der Waals surface area contributed by atoms with Gasteiger partial charge in [-0.05, 0) is 60.3 Å². The third kappa shape index (κ3) is 4.56. The molecular weight excluding hydrogens is 444 g/mol. The van der Waals surface area contributed by atoms with Gasteiger partial charge >= 0.3 is 5.82 Å². The summed E-state index contributed by atoms with van der Waals surface area (Å²) in [5.41, 5.74) is 5.57. The number of hydrogen-bond donors (Lipinski definition) is 1. The minimum atomic E-state index is 0.0156. The molecule has 0 saturated heterocycles. The number of H-pyrrole nitrogens is 1. The standard InChI is InChI=1S/C31H28N4O/c1-3-34(4-2)31(36)27-18-12-11-17-26(27)28-30(33-29(32-28)25-15-9-6-10-16-25)35-21-19-24(20-22-35)23-13-7-5-8-14-23/h5-22H,3-4H2,1-2H3/p+1. The predicted molar refractivity (Wildman–Crippen MR) is 144 cm³/mol. The molecule has 1 amide bonds. The average molecular weight is 474 g/mol. The Morgan fingerprint density at radius 2 is 1.31 bits per heavy atom. The fraction of sp³-hybridized carbons (Fsp3) is 0.129. The first-order valence-corrected chi connectivity index (χ1v) is 12.3. The number of nitrogens with one attached hydrogen (secondary N) is 1. The lowest BCUT2D eigenvalue weighted by molar-refractivity contribution is -0.598. The first-order chi connectivity index (χ1) is 17.7. The molecule has 178 valence electrons. The lowest BCUT2D eigenvalue weighted by Gasteiger charge is -2.20. The first kappa shape index (κ1) is 23.2. The van der Waals surface area contributed by atoms with Crippen molar-refractivity contribution >= 4 is 5.91 Å². The molecule has 5 heteroatoms. The summed E-state index contributed by atoms with van der Waals surface area (Å²) in [5.74, 6) is 1.51. The average Bonchev–Trinajstić information content (AvgIpc) is 3.40. The second-order valence-corrected chi connectivity index (χ2v) is 8.53. The molecule has 0 spiro atoms. The van der Waals surface area contributed by atoms with Crippen molar-refractivity contribution in [1.82, 2.24) is 14.9 Å². The van der Waals surface area contributed by atoms with E-state index in [4.69, 9.17) is 4.98 Å². The second-order valence-electron chi connectivity index (χ2n) is 8.53. The number of pyridine rings is 1. The fourth-order valence-electron chi connectivity index (χ4n) is 4.43. The van der Waals surface area contributed by atoms with E-state index in [1.807, 2.05) is 109 Å². The van der Waals surface area contributed by atoms with Gasteiger partial charge in [-0.15, -0.1) is 0 Å². The van der Waals surface area contributed by atoms with Crippen LogP contribution in [0.15, 0.2) is 109 Å². The maximum absolute atomic E-state index is 13.4. The van der Waals surface area contributed by atoms with Gasteiger partial charge in [0, 0.05) is 29.8 Å². The van der Waals surface area contributed by atoms with Crippen molar-refractivity contribution in [2.45, 2.75) is 13.8 Å². The molecule has 5 aromatic rings. The van der Waals surface area contributed by atoms with Gasteiger partial charge in [0.05, 0.1) is 12.4 Å². The molecule has 2 heterocycles. The van der Waals surface area contributed by atoms with Gasteiger partial charge in [-0.25, -0.2) is 4.57 Å². The zero-order chi connectivity index (χ0) is 24.9. The molecule has 0 bridgehead atoms. The molecule has 0 fully saturated rings. The van der Waals surface area contributed by atoms with Crippen molar-refractivity contribution < 1.29 is 9.36 Å². The highest BCUT2D eigenvalue weighted by Crippen LogP contribution is 2.30. The van der Waals surface area contributed by atoms with Crippen molar-refractivity contribution in [2.75, 3.05) is 13.1 Å². The molecule has 0 atom stereocenters. The normalized spacial score (nSPS) is 10.8. The van der Waals surface area contributed by atoms with Crippen LogP contribution in [0.1, 0.15) is 24.2 Å². The quantitative estimate of drug-likeness (QED) is 0.288. The van der Waals surface area contributed by atoms with Crippen molar-refractivity contribution in [3.63, 3.8) is 0 Å². The molecule has 0 saturated carbocycles. The highest BCUT2D eigenvalue weighted by Gasteiger charge is 2.27. The number of aromatic amines is 1. The van der Waals surface area contributed by atoms with E-state index in [1.54, 1.807) is 0 Å². The molecule has 5 rings (SSSR count). The molecule has 1 N–H and O–H groups in total. The summed E-state index contributed by atoms with van der Waals surface area (Å²) in [7, 11) is 0. The van der Waals surface area contributed by atoms with Crippen LogP contribution in [0.4, 0.5) is 0 Å². The number of carbonyl (C=O) groups excluding carboxylic acids is 1. The van der Waals surface area contributed by atoms with E-state index in [0.29, 0.717) is 18.7 Å². The van der Waals surface area contributed by atoms with Gasteiger partial charge in [0.25, 0.3) is 11.7 Å². The summed E-state index contributed by atoms with van der Waals surface area (Å²) in [6.07, 6.45) is 4.04. The van der Waals surface area contributed by atoms with Crippen LogP contribution in [0, 0.1) is 0 Å². The third-order valence-electron chi connectivity index (χ3n) is 6.39. The molecular formula is C31H29N4O+. The van der Waals surface area contributed by atoms with E-state index in [1.165, 1.54) is 0 Å². The number of nitrogens with zero attached hydrogens (tertiary/aromatic N) is 3. The SMILES string of the molecule is CCN(CC)C(=O)c1ccccc1-c1[nH]c(-c2ccccc2)nc1-[n+]1ccc(-c2ccccc2)cc1. The summed E-state index contributed by atoms with van der Waals surface area (Å²) < 4.78 is 2.00. The highest BCUT2D eigenvalue weighted by atomic mass is 16.2. The van der Waals surface area contributed by atoms with Crippen LogP contribution in [0.2, 0.25) is 0 Å². The first-order valence-electron chi connectivity index (χ1n) is 12.3. The highest BCUT2D eigenvalue weighted by molar-refractivity contribution is 6.01. The van der Waals surface area contributed by atoms with Gasteiger partial charge in [0.2, 0.25) is 0 Å². The third-order valence-corrected chi connectivity index (χ3v) is 6.39.